The van der Waals surface area contributed by atoms with Crippen molar-refractivity contribution in [2.24, 2.45) is 5.84 Å². The molecule has 9 heteroatoms. The lowest BCUT2D eigenvalue weighted by molar-refractivity contribution is 0.222. The zero-order valence-electron chi connectivity index (χ0n) is 12.4. The molecule has 2 aromatic rings. The van der Waals surface area contributed by atoms with Crippen LogP contribution in [0.2, 0.25) is 0 Å². The fourth-order valence-electron chi connectivity index (χ4n) is 1.58. The molecule has 2 rings (SSSR count). The SMILES string of the molecule is Cc1csc(C(C)Nc2nc(NN)nc(OC(C)C)n2)n1. The highest BCUT2D eigenvalue weighted by Crippen LogP contribution is 2.22. The number of rotatable bonds is 6. The molecule has 4 N–H and O–H groups in total. The number of thiazole rings is 1. The van der Waals surface area contributed by atoms with Crippen molar-refractivity contribution in [2.75, 3.05) is 10.7 Å². The van der Waals surface area contributed by atoms with Crippen LogP contribution in [-0.4, -0.2) is 26.0 Å². The summed E-state index contributed by atoms with van der Waals surface area (Å²) in [6, 6.07) is 0.196. The van der Waals surface area contributed by atoms with Crippen LogP contribution >= 0.6 is 11.3 Å². The van der Waals surface area contributed by atoms with E-state index in [0.717, 1.165) is 10.7 Å². The molecule has 0 saturated heterocycles. The van der Waals surface area contributed by atoms with Crippen molar-refractivity contribution in [1.82, 2.24) is 19.9 Å². The van der Waals surface area contributed by atoms with Crippen LogP contribution in [0.3, 0.4) is 0 Å². The number of nitrogen functional groups attached to an aromatic ring is 1. The molecule has 1 atom stereocenters. The molecule has 0 saturated carbocycles. The number of hydrogen-bond donors (Lipinski definition) is 3. The molecule has 1 unspecified atom stereocenters. The Kier molecular flexibility index (Phi) is 4.86. The molecule has 0 aliphatic carbocycles. The summed E-state index contributed by atoms with van der Waals surface area (Å²) in [5.41, 5.74) is 3.40. The molecule has 114 valence electrons. The summed E-state index contributed by atoms with van der Waals surface area (Å²) >= 11 is 1.59. The van der Waals surface area contributed by atoms with Crippen molar-refractivity contribution >= 4 is 23.2 Å². The van der Waals surface area contributed by atoms with Crippen LogP contribution < -0.4 is 21.3 Å². The standard InChI is InChI=1S/C12H19N7OS/c1-6(2)20-12-17-10(16-11(18-12)19-13)15-8(4)9-14-7(3)5-21-9/h5-6,8H,13H2,1-4H3,(H2,15,16,17,18,19). The average molecular weight is 309 g/mol. The second-order valence-corrected chi connectivity index (χ2v) is 5.66. The molecule has 0 aliphatic rings. The first-order valence-electron chi connectivity index (χ1n) is 6.56. The smallest absolute Gasteiger partial charge is 0.323 e. The van der Waals surface area contributed by atoms with Gasteiger partial charge < -0.3 is 10.1 Å². The molecular weight excluding hydrogens is 290 g/mol. The van der Waals surface area contributed by atoms with Crippen molar-refractivity contribution < 1.29 is 4.74 Å². The highest BCUT2D eigenvalue weighted by atomic mass is 32.1. The van der Waals surface area contributed by atoms with Crippen LogP contribution in [0.25, 0.3) is 0 Å². The Morgan fingerprint density at radius 1 is 1.14 bits per heavy atom. The van der Waals surface area contributed by atoms with Gasteiger partial charge in [-0.25, -0.2) is 10.8 Å². The Bertz CT molecular complexity index is 601. The number of nitrogens with one attached hydrogen (secondary N) is 2. The number of nitrogens with two attached hydrogens (primary N) is 1. The van der Waals surface area contributed by atoms with Crippen molar-refractivity contribution in [1.29, 1.82) is 0 Å². The molecule has 0 aromatic carbocycles. The van der Waals surface area contributed by atoms with Gasteiger partial charge in [0.1, 0.15) is 5.01 Å². The minimum Gasteiger partial charge on any atom is -0.461 e. The van der Waals surface area contributed by atoms with E-state index in [0.29, 0.717) is 5.95 Å². The zero-order chi connectivity index (χ0) is 15.4. The van der Waals surface area contributed by atoms with E-state index in [1.165, 1.54) is 0 Å². The number of anilines is 2. The number of aryl methyl sites for hydroxylation is 1. The first-order valence-corrected chi connectivity index (χ1v) is 7.43. The maximum Gasteiger partial charge on any atom is 0.323 e. The minimum absolute atomic E-state index is 0.0244. The molecule has 0 radical (unpaired) electrons. The molecule has 0 bridgehead atoms. The third-order valence-corrected chi connectivity index (χ3v) is 3.58. The van der Waals surface area contributed by atoms with E-state index >= 15 is 0 Å². The first-order chi connectivity index (χ1) is 9.97. The summed E-state index contributed by atoms with van der Waals surface area (Å²) < 4.78 is 5.48. The monoisotopic (exact) mass is 309 g/mol. The van der Waals surface area contributed by atoms with E-state index < -0.39 is 0 Å². The van der Waals surface area contributed by atoms with Gasteiger partial charge in [0.05, 0.1) is 12.1 Å². The maximum atomic E-state index is 5.48. The molecular formula is C12H19N7OS. The lowest BCUT2D eigenvalue weighted by Crippen LogP contribution is -2.17. The van der Waals surface area contributed by atoms with E-state index in [9.17, 15) is 0 Å². The summed E-state index contributed by atoms with van der Waals surface area (Å²) in [4.78, 5) is 16.9. The largest absolute Gasteiger partial charge is 0.461 e. The van der Waals surface area contributed by atoms with Gasteiger partial charge in [-0.1, -0.05) is 0 Å². The first kappa shape index (κ1) is 15.4. The van der Waals surface area contributed by atoms with E-state index in [2.05, 4.69) is 30.7 Å². The second kappa shape index (κ2) is 6.64. The predicted octanol–water partition coefficient (Wildman–Crippen LogP) is 1.88. The van der Waals surface area contributed by atoms with Crippen molar-refractivity contribution in [3.63, 3.8) is 0 Å². The second-order valence-electron chi connectivity index (χ2n) is 4.77. The van der Waals surface area contributed by atoms with Gasteiger partial charge in [-0.2, -0.15) is 15.0 Å². The molecule has 0 aliphatic heterocycles. The van der Waals surface area contributed by atoms with Crippen molar-refractivity contribution in [3.05, 3.63) is 16.1 Å². The van der Waals surface area contributed by atoms with Gasteiger partial charge in [0.25, 0.3) is 0 Å². The Hall–Kier alpha value is -2.00. The van der Waals surface area contributed by atoms with Gasteiger partial charge in [0, 0.05) is 11.1 Å². The van der Waals surface area contributed by atoms with Crippen LogP contribution in [0.15, 0.2) is 5.38 Å². The Morgan fingerprint density at radius 2 is 1.86 bits per heavy atom. The average Bonchev–Trinajstić information content (AvgIpc) is 2.84. The fraction of sp³-hybridized carbons (Fsp3) is 0.500. The highest BCUT2D eigenvalue weighted by molar-refractivity contribution is 7.09. The molecule has 0 spiro atoms. The summed E-state index contributed by atoms with van der Waals surface area (Å²) in [6.45, 7) is 7.74. The molecule has 0 amide bonds. The Balaban J connectivity index is 2.18. The van der Waals surface area contributed by atoms with E-state index in [4.69, 9.17) is 10.6 Å². The van der Waals surface area contributed by atoms with Crippen LogP contribution in [0.5, 0.6) is 6.01 Å². The Morgan fingerprint density at radius 3 is 2.43 bits per heavy atom. The zero-order valence-corrected chi connectivity index (χ0v) is 13.2. The fourth-order valence-corrected chi connectivity index (χ4v) is 2.38. The van der Waals surface area contributed by atoms with Crippen molar-refractivity contribution in [3.8, 4) is 6.01 Å². The lowest BCUT2D eigenvalue weighted by atomic mass is 10.3. The maximum absolute atomic E-state index is 5.48. The summed E-state index contributed by atoms with van der Waals surface area (Å²) in [6.07, 6.45) is -0.0371. The summed E-state index contributed by atoms with van der Waals surface area (Å²) in [5, 5.41) is 6.13. The molecule has 21 heavy (non-hydrogen) atoms. The van der Waals surface area contributed by atoms with Crippen LogP contribution in [0.4, 0.5) is 11.9 Å². The number of aromatic nitrogens is 4. The number of nitrogens with zero attached hydrogens (tertiary/aromatic N) is 4. The van der Waals surface area contributed by atoms with Gasteiger partial charge in [-0.15, -0.1) is 11.3 Å². The van der Waals surface area contributed by atoms with E-state index in [1.807, 2.05) is 33.1 Å². The van der Waals surface area contributed by atoms with E-state index in [-0.39, 0.29) is 24.1 Å². The summed E-state index contributed by atoms with van der Waals surface area (Å²) in [7, 11) is 0. The van der Waals surface area contributed by atoms with Gasteiger partial charge in [-0.3, -0.25) is 5.43 Å². The molecule has 2 heterocycles. The third-order valence-electron chi connectivity index (χ3n) is 2.44. The van der Waals surface area contributed by atoms with Gasteiger partial charge in [0.15, 0.2) is 0 Å². The van der Waals surface area contributed by atoms with Crippen LogP contribution in [0.1, 0.15) is 37.5 Å². The summed E-state index contributed by atoms with van der Waals surface area (Å²) in [5.74, 6) is 5.99. The minimum atomic E-state index is -0.0371. The number of ether oxygens (including phenoxy) is 1. The van der Waals surface area contributed by atoms with Crippen molar-refractivity contribution in [2.45, 2.75) is 39.8 Å². The quantitative estimate of drug-likeness (QED) is 0.548. The predicted molar refractivity (Wildman–Crippen MR) is 82.3 cm³/mol. The van der Waals surface area contributed by atoms with Gasteiger partial charge >= 0.3 is 6.01 Å². The van der Waals surface area contributed by atoms with Gasteiger partial charge in [0.2, 0.25) is 11.9 Å². The molecule has 2 aromatic heterocycles. The Labute approximate surface area is 127 Å². The highest BCUT2D eigenvalue weighted by Gasteiger charge is 2.14. The van der Waals surface area contributed by atoms with Gasteiger partial charge in [-0.05, 0) is 27.7 Å². The molecule has 0 fully saturated rings. The topological polar surface area (TPSA) is 111 Å². The number of hydrogen-bond acceptors (Lipinski definition) is 9. The van der Waals surface area contributed by atoms with Crippen LogP contribution in [0, 0.1) is 6.92 Å². The third kappa shape index (κ3) is 4.23. The van der Waals surface area contributed by atoms with Crippen LogP contribution in [-0.2, 0) is 0 Å². The normalized spacial score (nSPS) is 12.3. The molecule has 8 nitrogen and oxygen atoms in total. The number of hydrazine groups is 1. The lowest BCUT2D eigenvalue weighted by Gasteiger charge is -2.13. The van der Waals surface area contributed by atoms with E-state index in [1.54, 1.807) is 11.3 Å².